The first-order chi connectivity index (χ1) is 11.2. The number of aromatic nitrogens is 1. The molecule has 3 aromatic heterocycles. The maximum atomic E-state index is 11.9. The highest BCUT2D eigenvalue weighted by atomic mass is 32.1. The van der Waals surface area contributed by atoms with Gasteiger partial charge in [-0.1, -0.05) is 11.2 Å². The van der Waals surface area contributed by atoms with Gasteiger partial charge in [0.2, 0.25) is 0 Å². The monoisotopic (exact) mass is 331 g/mol. The Morgan fingerprint density at radius 3 is 2.74 bits per heavy atom. The molecule has 0 aromatic carbocycles. The Hall–Kier alpha value is -2.87. The minimum atomic E-state index is -0.803. The Morgan fingerprint density at radius 2 is 2.09 bits per heavy atom. The zero-order valence-electron chi connectivity index (χ0n) is 11.9. The van der Waals surface area contributed by atoms with Crippen LogP contribution in [-0.4, -0.2) is 23.5 Å². The fraction of sp³-hybridized carbons (Fsp3) is 0.133. The van der Waals surface area contributed by atoms with Gasteiger partial charge in [-0.25, -0.2) is 0 Å². The minimum Gasteiger partial charge on any atom is -0.469 e. The molecule has 3 rings (SSSR count). The number of carbonyl (C=O) groups is 2. The summed E-state index contributed by atoms with van der Waals surface area (Å²) in [6.07, 6.45) is 2.88. The van der Waals surface area contributed by atoms with E-state index in [1.54, 1.807) is 23.7 Å². The summed E-state index contributed by atoms with van der Waals surface area (Å²) in [7, 11) is 0. The molecule has 0 fully saturated rings. The fourth-order valence-electron chi connectivity index (χ4n) is 2.05. The fourth-order valence-corrected chi connectivity index (χ4v) is 2.88. The predicted molar refractivity (Wildman–Crippen MR) is 83.0 cm³/mol. The van der Waals surface area contributed by atoms with E-state index in [2.05, 4.69) is 20.3 Å². The van der Waals surface area contributed by atoms with Gasteiger partial charge >= 0.3 is 11.8 Å². The number of thiophene rings is 1. The van der Waals surface area contributed by atoms with Crippen molar-refractivity contribution in [2.45, 2.75) is 5.92 Å². The van der Waals surface area contributed by atoms with Gasteiger partial charge in [-0.05, 0) is 23.6 Å². The molecule has 118 valence electrons. The third-order valence-electron chi connectivity index (χ3n) is 3.13. The molecule has 0 aliphatic carbocycles. The number of carbonyl (C=O) groups excluding carboxylic acids is 2. The summed E-state index contributed by atoms with van der Waals surface area (Å²) in [5, 5.41) is 10.4. The Kier molecular flexibility index (Phi) is 4.53. The van der Waals surface area contributed by atoms with Crippen LogP contribution in [0.5, 0.6) is 0 Å². The van der Waals surface area contributed by atoms with Crippen LogP contribution in [0.1, 0.15) is 16.6 Å². The lowest BCUT2D eigenvalue weighted by atomic mass is 10.0. The lowest BCUT2D eigenvalue weighted by Gasteiger charge is -2.13. The van der Waals surface area contributed by atoms with E-state index in [4.69, 9.17) is 4.42 Å². The van der Waals surface area contributed by atoms with Crippen LogP contribution in [0.25, 0.3) is 0 Å². The molecule has 0 radical (unpaired) electrons. The number of nitrogens with zero attached hydrogens (tertiary/aromatic N) is 1. The highest BCUT2D eigenvalue weighted by Crippen LogP contribution is 2.28. The van der Waals surface area contributed by atoms with E-state index in [-0.39, 0.29) is 18.3 Å². The zero-order valence-corrected chi connectivity index (χ0v) is 12.7. The van der Waals surface area contributed by atoms with E-state index >= 15 is 0 Å². The van der Waals surface area contributed by atoms with Crippen molar-refractivity contribution in [3.63, 3.8) is 0 Å². The molecule has 0 saturated carbocycles. The smallest absolute Gasteiger partial charge is 0.314 e. The predicted octanol–water partition coefficient (Wildman–Crippen LogP) is 2.22. The Bertz CT molecular complexity index is 717. The number of furan rings is 1. The zero-order chi connectivity index (χ0) is 16.1. The standard InChI is InChI=1S/C15H13N3O4S/c19-14(15(20)17-13-5-7-22-18-13)16-9-10(11-3-1-6-21-11)12-4-2-8-23-12/h1-8,10H,9H2,(H,16,19)(H,17,18,20)/t10-/m0/s1. The van der Waals surface area contributed by atoms with Gasteiger partial charge in [-0.15, -0.1) is 11.3 Å². The molecule has 0 saturated heterocycles. The molecule has 0 spiro atoms. The largest absolute Gasteiger partial charge is 0.469 e. The molecular weight excluding hydrogens is 318 g/mol. The average molecular weight is 331 g/mol. The molecule has 3 heterocycles. The van der Waals surface area contributed by atoms with Crippen molar-refractivity contribution < 1.29 is 18.5 Å². The Labute approximate surface area is 135 Å². The van der Waals surface area contributed by atoms with E-state index in [1.807, 2.05) is 23.6 Å². The van der Waals surface area contributed by atoms with Crippen LogP contribution in [0, 0.1) is 0 Å². The Balaban J connectivity index is 1.62. The molecule has 0 aliphatic heterocycles. The molecule has 3 aromatic rings. The quantitative estimate of drug-likeness (QED) is 0.699. The van der Waals surface area contributed by atoms with Gasteiger partial charge in [0.05, 0.1) is 12.2 Å². The van der Waals surface area contributed by atoms with Gasteiger partial charge < -0.3 is 14.3 Å². The lowest BCUT2D eigenvalue weighted by Crippen LogP contribution is -2.37. The second kappa shape index (κ2) is 6.93. The molecule has 2 N–H and O–H groups in total. The van der Waals surface area contributed by atoms with Crippen molar-refractivity contribution in [1.82, 2.24) is 10.5 Å². The number of hydrogen-bond donors (Lipinski definition) is 2. The van der Waals surface area contributed by atoms with Crippen LogP contribution in [0.15, 0.2) is 57.2 Å². The van der Waals surface area contributed by atoms with Crippen LogP contribution in [0.4, 0.5) is 5.82 Å². The van der Waals surface area contributed by atoms with E-state index in [9.17, 15) is 9.59 Å². The molecule has 7 nitrogen and oxygen atoms in total. The third kappa shape index (κ3) is 3.67. The van der Waals surface area contributed by atoms with Crippen LogP contribution >= 0.6 is 11.3 Å². The normalized spacial score (nSPS) is 11.8. The summed E-state index contributed by atoms with van der Waals surface area (Å²) in [4.78, 5) is 24.7. The van der Waals surface area contributed by atoms with Gasteiger partial charge in [-0.3, -0.25) is 14.9 Å². The van der Waals surface area contributed by atoms with E-state index < -0.39 is 11.8 Å². The summed E-state index contributed by atoms with van der Waals surface area (Å²) in [5.74, 6) is -0.783. The second-order valence-corrected chi connectivity index (χ2v) is 5.61. The van der Waals surface area contributed by atoms with Crippen LogP contribution in [0.2, 0.25) is 0 Å². The lowest BCUT2D eigenvalue weighted by molar-refractivity contribution is -0.136. The van der Waals surface area contributed by atoms with Crippen molar-refractivity contribution in [3.8, 4) is 0 Å². The highest BCUT2D eigenvalue weighted by molar-refractivity contribution is 7.10. The number of nitrogens with one attached hydrogen (secondary N) is 2. The summed E-state index contributed by atoms with van der Waals surface area (Å²) >= 11 is 1.56. The molecule has 0 bridgehead atoms. The summed E-state index contributed by atoms with van der Waals surface area (Å²) in [6.45, 7) is 0.249. The molecule has 0 aliphatic rings. The van der Waals surface area contributed by atoms with Gasteiger partial charge in [0.25, 0.3) is 0 Å². The van der Waals surface area contributed by atoms with Gasteiger partial charge in [-0.2, -0.15) is 0 Å². The molecular formula is C15H13N3O4S. The van der Waals surface area contributed by atoms with E-state index in [0.717, 1.165) is 10.6 Å². The summed E-state index contributed by atoms with van der Waals surface area (Å²) in [5.41, 5.74) is 0. The topological polar surface area (TPSA) is 97.4 Å². The minimum absolute atomic E-state index is 0.145. The molecule has 8 heteroatoms. The van der Waals surface area contributed by atoms with Crippen molar-refractivity contribution in [3.05, 3.63) is 58.9 Å². The van der Waals surface area contributed by atoms with E-state index in [0.29, 0.717) is 0 Å². The molecule has 0 unspecified atom stereocenters. The van der Waals surface area contributed by atoms with Crippen LogP contribution in [-0.2, 0) is 9.59 Å². The first kappa shape index (κ1) is 15.0. The third-order valence-corrected chi connectivity index (χ3v) is 4.11. The molecule has 1 atom stereocenters. The number of hydrogen-bond acceptors (Lipinski definition) is 6. The first-order valence-corrected chi connectivity index (χ1v) is 7.68. The second-order valence-electron chi connectivity index (χ2n) is 4.63. The average Bonchev–Trinajstić information content (AvgIpc) is 3.31. The Morgan fingerprint density at radius 1 is 1.17 bits per heavy atom. The molecule has 23 heavy (non-hydrogen) atoms. The maximum absolute atomic E-state index is 11.9. The van der Waals surface area contributed by atoms with Crippen molar-refractivity contribution in [2.24, 2.45) is 0 Å². The van der Waals surface area contributed by atoms with Crippen molar-refractivity contribution in [2.75, 3.05) is 11.9 Å². The van der Waals surface area contributed by atoms with Crippen LogP contribution < -0.4 is 10.6 Å². The van der Waals surface area contributed by atoms with Crippen molar-refractivity contribution in [1.29, 1.82) is 0 Å². The van der Waals surface area contributed by atoms with Gasteiger partial charge in [0.15, 0.2) is 5.82 Å². The van der Waals surface area contributed by atoms with Gasteiger partial charge in [0, 0.05) is 17.5 Å². The summed E-state index contributed by atoms with van der Waals surface area (Å²) in [6, 6.07) is 8.96. The number of amides is 2. The summed E-state index contributed by atoms with van der Waals surface area (Å²) < 4.78 is 10.0. The SMILES string of the molecule is O=C(NC[C@@H](c1ccco1)c1cccs1)C(=O)Nc1ccon1. The highest BCUT2D eigenvalue weighted by Gasteiger charge is 2.21. The molecule has 2 amide bonds. The van der Waals surface area contributed by atoms with Gasteiger partial charge in [0.1, 0.15) is 12.0 Å². The number of anilines is 1. The van der Waals surface area contributed by atoms with Crippen molar-refractivity contribution >= 4 is 29.0 Å². The van der Waals surface area contributed by atoms with Crippen LogP contribution in [0.3, 0.4) is 0 Å². The number of rotatable bonds is 5. The van der Waals surface area contributed by atoms with E-state index in [1.165, 1.54) is 12.3 Å². The first-order valence-electron chi connectivity index (χ1n) is 6.80. The maximum Gasteiger partial charge on any atom is 0.314 e.